The molecule has 0 heterocycles. The molecule has 0 aliphatic rings. The second-order valence-corrected chi connectivity index (χ2v) is 4.14. The van der Waals surface area contributed by atoms with Crippen molar-refractivity contribution >= 4 is 26.4 Å². The number of hydrogen-bond acceptors (Lipinski definition) is 1. The van der Waals surface area contributed by atoms with Crippen LogP contribution in [-0.4, -0.2) is 11.1 Å². The lowest BCUT2D eigenvalue weighted by Gasteiger charge is -2.07. The Morgan fingerprint density at radius 3 is 2.56 bits per heavy atom. The van der Waals surface area contributed by atoms with Gasteiger partial charge in [-0.3, -0.25) is 0 Å². The molecular formula is C12H8BrF3O2. The average molecular weight is 321 g/mol. The van der Waals surface area contributed by atoms with Gasteiger partial charge in [0, 0.05) is 10.6 Å². The zero-order valence-electron chi connectivity index (χ0n) is 8.91. The number of benzene rings is 1. The SMILES string of the molecule is O=C(O)C=CC=C(Br)c1cccc(C(F)(F)F)c1. The molecule has 0 saturated carbocycles. The number of hydrogen-bond donors (Lipinski definition) is 1. The van der Waals surface area contributed by atoms with Gasteiger partial charge in [0.15, 0.2) is 0 Å². The largest absolute Gasteiger partial charge is 0.478 e. The molecule has 1 rings (SSSR count). The second kappa shape index (κ2) is 5.86. The van der Waals surface area contributed by atoms with Gasteiger partial charge in [0.2, 0.25) is 0 Å². The molecule has 0 spiro atoms. The summed E-state index contributed by atoms with van der Waals surface area (Å²) in [5.41, 5.74) is -0.438. The van der Waals surface area contributed by atoms with Gasteiger partial charge in [-0.1, -0.05) is 34.1 Å². The number of carboxylic acid groups (broad SMARTS) is 1. The highest BCUT2D eigenvalue weighted by atomic mass is 79.9. The third-order valence-corrected chi connectivity index (χ3v) is 2.67. The minimum absolute atomic E-state index is 0.319. The highest BCUT2D eigenvalue weighted by Crippen LogP contribution is 2.32. The van der Waals surface area contributed by atoms with E-state index >= 15 is 0 Å². The predicted octanol–water partition coefficient (Wildman–Crippen LogP) is 4.08. The lowest BCUT2D eigenvalue weighted by Crippen LogP contribution is -2.04. The number of aliphatic carboxylic acids is 1. The molecule has 1 aromatic carbocycles. The van der Waals surface area contributed by atoms with Crippen LogP contribution in [0.25, 0.3) is 4.48 Å². The Hall–Kier alpha value is -1.56. The van der Waals surface area contributed by atoms with Crippen molar-refractivity contribution in [2.75, 3.05) is 0 Å². The third-order valence-electron chi connectivity index (χ3n) is 1.95. The van der Waals surface area contributed by atoms with Crippen molar-refractivity contribution < 1.29 is 23.1 Å². The molecule has 96 valence electrons. The van der Waals surface area contributed by atoms with Crippen LogP contribution >= 0.6 is 15.9 Å². The van der Waals surface area contributed by atoms with E-state index in [9.17, 15) is 18.0 Å². The lowest BCUT2D eigenvalue weighted by atomic mass is 10.1. The molecule has 1 aromatic rings. The highest BCUT2D eigenvalue weighted by molar-refractivity contribution is 9.15. The van der Waals surface area contributed by atoms with Gasteiger partial charge >= 0.3 is 12.1 Å². The molecule has 6 heteroatoms. The summed E-state index contributed by atoms with van der Waals surface area (Å²) >= 11 is 3.09. The number of alkyl halides is 3. The van der Waals surface area contributed by atoms with Crippen molar-refractivity contribution in [2.24, 2.45) is 0 Å². The Labute approximate surface area is 110 Å². The molecule has 0 radical (unpaired) electrons. The standard InChI is InChI=1S/C12H8BrF3O2/c13-10(5-2-6-11(17)18)8-3-1-4-9(7-8)12(14,15)16/h1-7H,(H,17,18). The molecule has 0 atom stereocenters. The smallest absolute Gasteiger partial charge is 0.416 e. The molecule has 0 fully saturated rings. The minimum Gasteiger partial charge on any atom is -0.478 e. The highest BCUT2D eigenvalue weighted by Gasteiger charge is 2.30. The van der Waals surface area contributed by atoms with Crippen LogP contribution in [-0.2, 0) is 11.0 Å². The van der Waals surface area contributed by atoms with Crippen LogP contribution in [0.3, 0.4) is 0 Å². The Morgan fingerprint density at radius 1 is 1.33 bits per heavy atom. The zero-order valence-corrected chi connectivity index (χ0v) is 10.5. The summed E-state index contributed by atoms with van der Waals surface area (Å²) in [4.78, 5) is 10.2. The van der Waals surface area contributed by atoms with E-state index in [0.717, 1.165) is 18.2 Å². The van der Waals surface area contributed by atoms with Crippen molar-refractivity contribution in [2.45, 2.75) is 6.18 Å². The number of halogens is 4. The number of carbonyl (C=O) groups is 1. The fourth-order valence-corrected chi connectivity index (χ4v) is 1.55. The Kier molecular flexibility index (Phi) is 4.72. The van der Waals surface area contributed by atoms with Gasteiger partial charge in [0.1, 0.15) is 0 Å². The van der Waals surface area contributed by atoms with Gasteiger partial charge in [0.05, 0.1) is 5.56 Å². The van der Waals surface area contributed by atoms with E-state index in [-0.39, 0.29) is 0 Å². The fraction of sp³-hybridized carbons (Fsp3) is 0.0833. The minimum atomic E-state index is -4.40. The average Bonchev–Trinajstić information content (AvgIpc) is 2.27. The van der Waals surface area contributed by atoms with Crippen LogP contribution < -0.4 is 0 Å². The second-order valence-electron chi connectivity index (χ2n) is 3.29. The first-order valence-electron chi connectivity index (χ1n) is 4.75. The summed E-state index contributed by atoms with van der Waals surface area (Å²) in [6.45, 7) is 0. The quantitative estimate of drug-likeness (QED) is 0.673. The first kappa shape index (κ1) is 14.5. The maximum absolute atomic E-state index is 12.5. The van der Waals surface area contributed by atoms with Gasteiger partial charge in [-0.2, -0.15) is 13.2 Å². The number of rotatable bonds is 3. The molecule has 0 saturated heterocycles. The Morgan fingerprint density at radius 2 is 2.00 bits per heavy atom. The van der Waals surface area contributed by atoms with Crippen LogP contribution in [0.5, 0.6) is 0 Å². The van der Waals surface area contributed by atoms with Gasteiger partial charge in [-0.15, -0.1) is 0 Å². The number of allylic oxidation sites excluding steroid dienone is 2. The van der Waals surface area contributed by atoms with Crippen LogP contribution in [0.1, 0.15) is 11.1 Å². The van der Waals surface area contributed by atoms with Crippen molar-refractivity contribution in [3.05, 3.63) is 53.6 Å². The van der Waals surface area contributed by atoms with Crippen LogP contribution in [0, 0.1) is 0 Å². The molecule has 0 aliphatic heterocycles. The molecule has 0 aliphatic carbocycles. The van der Waals surface area contributed by atoms with Crippen LogP contribution in [0.15, 0.2) is 42.5 Å². The van der Waals surface area contributed by atoms with Crippen molar-refractivity contribution in [3.63, 3.8) is 0 Å². The van der Waals surface area contributed by atoms with E-state index in [0.29, 0.717) is 10.0 Å². The zero-order chi connectivity index (χ0) is 13.8. The summed E-state index contributed by atoms with van der Waals surface area (Å²) < 4.78 is 37.8. The first-order valence-corrected chi connectivity index (χ1v) is 5.54. The van der Waals surface area contributed by atoms with Crippen LogP contribution in [0.4, 0.5) is 13.2 Å². The molecule has 1 N–H and O–H groups in total. The molecule has 0 unspecified atom stereocenters. The van der Waals surface area contributed by atoms with Crippen LogP contribution in [0.2, 0.25) is 0 Å². The molecule has 0 bridgehead atoms. The maximum atomic E-state index is 12.5. The summed E-state index contributed by atoms with van der Waals surface area (Å²) in [5.74, 6) is -1.13. The van der Waals surface area contributed by atoms with Gasteiger partial charge in [-0.25, -0.2) is 4.79 Å². The molecular weight excluding hydrogens is 313 g/mol. The molecule has 18 heavy (non-hydrogen) atoms. The summed E-state index contributed by atoms with van der Waals surface area (Å²) in [5, 5.41) is 8.37. The monoisotopic (exact) mass is 320 g/mol. The number of carboxylic acids is 1. The maximum Gasteiger partial charge on any atom is 0.416 e. The summed E-state index contributed by atoms with van der Waals surface area (Å²) in [6, 6.07) is 4.73. The van der Waals surface area contributed by atoms with Gasteiger partial charge in [0.25, 0.3) is 0 Å². The molecule has 0 aromatic heterocycles. The van der Waals surface area contributed by atoms with E-state index in [1.54, 1.807) is 0 Å². The van der Waals surface area contributed by atoms with Crippen molar-refractivity contribution in [3.8, 4) is 0 Å². The Bertz CT molecular complexity index is 504. The van der Waals surface area contributed by atoms with E-state index in [4.69, 9.17) is 5.11 Å². The normalized spacial score (nSPS) is 13.0. The van der Waals surface area contributed by atoms with E-state index in [1.165, 1.54) is 24.3 Å². The molecule has 0 amide bonds. The summed E-state index contributed by atoms with van der Waals surface area (Å²) in [7, 11) is 0. The predicted molar refractivity (Wildman–Crippen MR) is 65.1 cm³/mol. The van der Waals surface area contributed by atoms with Gasteiger partial charge in [-0.05, 0) is 23.8 Å². The van der Waals surface area contributed by atoms with E-state index < -0.39 is 17.7 Å². The third kappa shape index (κ3) is 4.37. The van der Waals surface area contributed by atoms with Crippen molar-refractivity contribution in [1.82, 2.24) is 0 Å². The molecule has 2 nitrogen and oxygen atoms in total. The summed E-state index contributed by atoms with van der Waals surface area (Å²) in [6.07, 6.45) is -0.925. The first-order chi connectivity index (χ1) is 8.30. The van der Waals surface area contributed by atoms with Crippen molar-refractivity contribution in [1.29, 1.82) is 0 Å². The Balaban J connectivity index is 3.00. The van der Waals surface area contributed by atoms with E-state index in [2.05, 4.69) is 15.9 Å². The fourth-order valence-electron chi connectivity index (χ4n) is 1.16. The van der Waals surface area contributed by atoms with Gasteiger partial charge < -0.3 is 5.11 Å². The van der Waals surface area contributed by atoms with E-state index in [1.807, 2.05) is 0 Å². The topological polar surface area (TPSA) is 37.3 Å². The lowest BCUT2D eigenvalue weighted by molar-refractivity contribution is -0.137.